The molecule has 1 radical (unpaired) electrons. The molecule has 3 heterocycles. The third-order valence-electron chi connectivity index (χ3n) is 11.0. The molecule has 56 heavy (non-hydrogen) atoms. The Morgan fingerprint density at radius 2 is 1.48 bits per heavy atom. The largest absolute Gasteiger partial charge is 0.512 e. The van der Waals surface area contributed by atoms with Crippen molar-refractivity contribution in [2.75, 3.05) is 0 Å². The fourth-order valence-corrected chi connectivity index (χ4v) is 7.59. The molecule has 7 aromatic rings. The molecule has 0 atom stereocenters. The molecule has 0 spiro atoms. The van der Waals surface area contributed by atoms with E-state index in [-0.39, 0.29) is 48.9 Å². The Morgan fingerprint density at radius 1 is 0.804 bits per heavy atom. The van der Waals surface area contributed by atoms with Crippen molar-refractivity contribution in [3.05, 3.63) is 120 Å². The number of aromatic nitrogens is 2. The van der Waals surface area contributed by atoms with Crippen LogP contribution in [0.15, 0.2) is 96.9 Å². The molecule has 0 aliphatic heterocycles. The van der Waals surface area contributed by atoms with Crippen molar-refractivity contribution < 1.29 is 43.2 Å². The van der Waals surface area contributed by atoms with Crippen molar-refractivity contribution in [1.29, 1.82) is 0 Å². The summed E-state index contributed by atoms with van der Waals surface area (Å²) in [5, 5.41) is 14.2. The Hall–Kier alpha value is -4.52. The summed E-state index contributed by atoms with van der Waals surface area (Å²) in [6, 6.07) is 29.5. The van der Waals surface area contributed by atoms with Crippen molar-refractivity contribution in [3.8, 4) is 11.1 Å². The molecule has 0 aliphatic rings. The number of carbonyl (C=O) groups is 1. The third-order valence-corrected chi connectivity index (χ3v) is 11.0. The topological polar surface area (TPSA) is 54.6 Å². The Morgan fingerprint density at radius 3 is 2.11 bits per heavy atom. The normalized spacial score (nSPS) is 12.6. The molecule has 0 saturated carbocycles. The maximum Gasteiger partial charge on any atom is 0.417 e. The number of ketones is 1. The molecule has 0 aliphatic carbocycles. The van der Waals surface area contributed by atoms with Crippen LogP contribution in [0.25, 0.3) is 60.1 Å². The van der Waals surface area contributed by atoms with Gasteiger partial charge in [-0.2, -0.15) is 13.2 Å². The van der Waals surface area contributed by atoms with Gasteiger partial charge in [0.05, 0.1) is 16.8 Å². The van der Waals surface area contributed by atoms with Crippen molar-refractivity contribution >= 4 is 54.8 Å². The number of halogens is 3. The fourth-order valence-electron chi connectivity index (χ4n) is 7.59. The molecular weight excluding hydrogens is 886 g/mol. The molecule has 0 saturated heterocycles. The number of aliphatic hydroxyl groups excluding tert-OH is 1. The minimum Gasteiger partial charge on any atom is -0.512 e. The van der Waals surface area contributed by atoms with Crippen molar-refractivity contribution in [3.63, 3.8) is 0 Å². The zero-order chi connectivity index (χ0) is 39.8. The van der Waals surface area contributed by atoms with E-state index in [1.165, 1.54) is 17.7 Å². The number of allylic oxidation sites excluding steroid dienone is 2. The van der Waals surface area contributed by atoms with Crippen LogP contribution in [-0.2, 0) is 36.5 Å². The van der Waals surface area contributed by atoms with E-state index in [9.17, 15) is 23.1 Å². The predicted molar refractivity (Wildman–Crippen MR) is 222 cm³/mol. The summed E-state index contributed by atoms with van der Waals surface area (Å²) >= 11 is 0. The number of fused-ring (bicyclic) bond motifs is 9. The standard InChI is InChI=1S/C35H26F3N2.C13H24O2.Ir/c1-20-13-25(34(2,3)4)11-12-27(20)23-9-10-24-17-31-28-14-21-7-5-6-8-22(21)15-29(28)33-32(40(31)30(24)16-23)18-26(19-39-33)35(36,37)38;1-5-10(6-2)12(14)9-13(15)11(7-3)8-4;/h5-14,16-19H,1-4H3;9-11,14H,5-8H2,1-4H3;/q-1;;/b;12-9-;. The van der Waals surface area contributed by atoms with E-state index in [2.05, 4.69) is 87.3 Å². The van der Waals surface area contributed by atoms with Crippen LogP contribution >= 0.6 is 0 Å². The monoisotopic (exact) mass is 936 g/mol. The first-order chi connectivity index (χ1) is 26.1. The molecule has 4 aromatic carbocycles. The molecule has 1 N–H and O–H groups in total. The molecule has 0 amide bonds. The molecule has 0 unspecified atom stereocenters. The summed E-state index contributed by atoms with van der Waals surface area (Å²) in [5.41, 5.74) is 6.38. The van der Waals surface area contributed by atoms with Crippen LogP contribution in [-0.4, -0.2) is 20.3 Å². The van der Waals surface area contributed by atoms with E-state index in [4.69, 9.17) is 0 Å². The SMILES string of the molecule is CCC(CC)C(=O)/C=C(\O)C(CC)CC.Cc1cc(C(C)(C)C)ccc1-c1ccc2cc3c4cc5ccccc5[c-]c4c4ncc(C(F)(F)F)cc4n3c2c1.[Ir]. The second kappa shape index (κ2) is 16.9. The second-order valence-corrected chi connectivity index (χ2v) is 15.7. The number of alkyl halides is 3. The van der Waals surface area contributed by atoms with Gasteiger partial charge in [0.2, 0.25) is 0 Å². The summed E-state index contributed by atoms with van der Waals surface area (Å²) in [4.78, 5) is 16.1. The van der Waals surface area contributed by atoms with Crippen LogP contribution < -0.4 is 0 Å². The summed E-state index contributed by atoms with van der Waals surface area (Å²) in [6.45, 7) is 16.8. The molecule has 7 rings (SSSR count). The molecule has 3 aromatic heterocycles. The van der Waals surface area contributed by atoms with E-state index < -0.39 is 11.7 Å². The Labute approximate surface area is 341 Å². The smallest absolute Gasteiger partial charge is 0.417 e. The molecule has 8 heteroatoms. The summed E-state index contributed by atoms with van der Waals surface area (Å²) in [7, 11) is 0. The van der Waals surface area contributed by atoms with E-state index in [1.54, 1.807) is 0 Å². The number of aryl methyl sites for hydroxylation is 1. The average Bonchev–Trinajstić information content (AvgIpc) is 3.54. The third kappa shape index (κ3) is 8.43. The summed E-state index contributed by atoms with van der Waals surface area (Å²) in [5.74, 6) is 0.547. The van der Waals surface area contributed by atoms with E-state index >= 15 is 0 Å². The minimum absolute atomic E-state index is 0. The Kier molecular flexibility index (Phi) is 12.9. The van der Waals surface area contributed by atoms with E-state index in [1.807, 2.05) is 56.4 Å². The van der Waals surface area contributed by atoms with Gasteiger partial charge in [-0.1, -0.05) is 113 Å². The first-order valence-corrected chi connectivity index (χ1v) is 19.3. The molecule has 0 bridgehead atoms. The molecule has 4 nitrogen and oxygen atoms in total. The van der Waals surface area contributed by atoms with Gasteiger partial charge in [-0.25, -0.2) is 0 Å². The molecule has 0 fully saturated rings. The van der Waals surface area contributed by atoms with Gasteiger partial charge in [0.25, 0.3) is 0 Å². The van der Waals surface area contributed by atoms with Gasteiger partial charge in [-0.3, -0.25) is 9.78 Å². The van der Waals surface area contributed by atoms with Crippen molar-refractivity contribution in [2.45, 2.75) is 92.7 Å². The van der Waals surface area contributed by atoms with Crippen molar-refractivity contribution in [2.24, 2.45) is 11.8 Å². The van der Waals surface area contributed by atoms with Gasteiger partial charge in [0.15, 0.2) is 5.78 Å². The fraction of sp³-hybridized carbons (Fsp3) is 0.333. The Bertz CT molecular complexity index is 2570. The molecule has 295 valence electrons. The van der Waals surface area contributed by atoms with E-state index in [0.717, 1.165) is 81.1 Å². The second-order valence-electron chi connectivity index (χ2n) is 15.7. The van der Waals surface area contributed by atoms with Gasteiger partial charge in [-0.05, 0) is 83.9 Å². The van der Waals surface area contributed by atoms with Crippen LogP contribution in [0.1, 0.15) is 90.8 Å². The number of carbonyl (C=O) groups excluding carboxylic acids is 1. The average molecular weight is 936 g/mol. The van der Waals surface area contributed by atoms with Crippen LogP contribution in [0, 0.1) is 24.8 Å². The first kappa shape index (κ1) is 42.6. The van der Waals surface area contributed by atoms with Crippen molar-refractivity contribution in [1.82, 2.24) is 9.38 Å². The van der Waals surface area contributed by atoms with Gasteiger partial charge in [0.1, 0.15) is 0 Å². The summed E-state index contributed by atoms with van der Waals surface area (Å²) < 4.78 is 43.5. The summed E-state index contributed by atoms with van der Waals surface area (Å²) in [6.07, 6.45) is 1.33. The quantitative estimate of drug-likeness (QED) is 0.0543. The minimum atomic E-state index is -4.50. The number of pyridine rings is 2. The van der Waals surface area contributed by atoms with Crippen LogP contribution in [0.3, 0.4) is 0 Å². The van der Waals surface area contributed by atoms with Crippen LogP contribution in [0.4, 0.5) is 13.2 Å². The zero-order valence-electron chi connectivity index (χ0n) is 33.4. The zero-order valence-corrected chi connectivity index (χ0v) is 35.8. The van der Waals surface area contributed by atoms with Crippen LogP contribution in [0.2, 0.25) is 0 Å². The predicted octanol–water partition coefficient (Wildman–Crippen LogP) is 13.9. The van der Waals surface area contributed by atoms with Gasteiger partial charge in [0, 0.05) is 60.8 Å². The van der Waals surface area contributed by atoms with Gasteiger partial charge < -0.3 is 9.51 Å². The maximum absolute atomic E-state index is 13.9. The first-order valence-electron chi connectivity index (χ1n) is 19.3. The maximum atomic E-state index is 13.9. The number of aliphatic hydroxyl groups is 1. The van der Waals surface area contributed by atoms with Crippen LogP contribution in [0.5, 0.6) is 0 Å². The molecular formula is C48H50F3IrN2O2-. The number of benzene rings is 4. The van der Waals surface area contributed by atoms with Gasteiger partial charge >= 0.3 is 6.18 Å². The number of rotatable bonds is 8. The number of nitrogens with zero attached hydrogens (tertiary/aromatic N) is 2. The van der Waals surface area contributed by atoms with Gasteiger partial charge in [-0.15, -0.1) is 23.6 Å². The number of hydrogen-bond acceptors (Lipinski definition) is 3. The Balaban J connectivity index is 0.000000322. The van der Waals surface area contributed by atoms with E-state index in [0.29, 0.717) is 16.4 Å². The number of hydrogen-bond donors (Lipinski definition) is 1.